The molecule has 5 rings (SSSR count). The van der Waals surface area contributed by atoms with Crippen LogP contribution in [0.2, 0.25) is 0 Å². The van der Waals surface area contributed by atoms with E-state index in [1.54, 1.807) is 4.90 Å². The first-order valence-corrected chi connectivity index (χ1v) is 19.9. The van der Waals surface area contributed by atoms with Crippen LogP contribution >= 0.6 is 0 Å². The second kappa shape index (κ2) is 19.8. The quantitative estimate of drug-likeness (QED) is 0.0907. The van der Waals surface area contributed by atoms with E-state index in [4.69, 9.17) is 29.4 Å². The third-order valence-electron chi connectivity index (χ3n) is 11.9. The molecule has 15 atom stereocenters. The van der Waals surface area contributed by atoms with Crippen LogP contribution in [0.1, 0.15) is 85.0 Å². The van der Waals surface area contributed by atoms with E-state index >= 15 is 0 Å². The number of carbonyl (C=O) groups excluding carboxylic acids is 4. The molecule has 0 bridgehead atoms. The molecule has 5 fully saturated rings. The molecule has 18 nitrogen and oxygen atoms in total. The number of hydrogen-bond donors (Lipinski definition) is 8. The molecule has 55 heavy (non-hydrogen) atoms. The third-order valence-corrected chi connectivity index (χ3v) is 11.9. The average molecular weight is 787 g/mol. The summed E-state index contributed by atoms with van der Waals surface area (Å²) in [5, 5.41) is 59.1. The molecule has 3 saturated heterocycles. The summed E-state index contributed by atoms with van der Waals surface area (Å²) >= 11 is 0. The number of amides is 4. The van der Waals surface area contributed by atoms with Crippen LogP contribution in [-0.2, 0) is 42.9 Å². The minimum atomic E-state index is -1.64. The second-order valence-corrected chi connectivity index (χ2v) is 15.9. The number of carbonyl (C=O) groups is 4. The number of ether oxygens (including phenoxy) is 5. The molecule has 3 aliphatic heterocycles. The maximum absolute atomic E-state index is 13.8. The highest BCUT2D eigenvalue weighted by atomic mass is 16.7. The maximum Gasteiger partial charge on any atom is 0.251 e. The Bertz CT molecular complexity index is 1300. The molecule has 0 aromatic heterocycles. The number of rotatable bonds is 15. The van der Waals surface area contributed by atoms with E-state index in [1.165, 1.54) is 13.8 Å². The van der Waals surface area contributed by atoms with Gasteiger partial charge in [0, 0.05) is 25.9 Å². The average Bonchev–Trinajstić information content (AvgIpc) is 3.13. The molecule has 0 radical (unpaired) electrons. The van der Waals surface area contributed by atoms with Gasteiger partial charge in [-0.25, -0.2) is 0 Å². The van der Waals surface area contributed by atoms with E-state index in [2.05, 4.69) is 10.6 Å². The number of aliphatic hydroxyl groups is 5. The Hall–Kier alpha value is -2.52. The molecule has 4 amide bonds. The Morgan fingerprint density at radius 2 is 1.60 bits per heavy atom. The van der Waals surface area contributed by atoms with Crippen LogP contribution in [0.4, 0.5) is 0 Å². The zero-order chi connectivity index (χ0) is 40.0. The molecule has 0 aromatic rings. The number of nitrogens with two attached hydrogens (primary N) is 1. The first kappa shape index (κ1) is 43.6. The molecule has 2 saturated carbocycles. The summed E-state index contributed by atoms with van der Waals surface area (Å²) in [6, 6.07) is -1.22. The summed E-state index contributed by atoms with van der Waals surface area (Å²) in [6.45, 7) is 4.77. The van der Waals surface area contributed by atoms with Crippen LogP contribution in [0.25, 0.3) is 0 Å². The summed E-state index contributed by atoms with van der Waals surface area (Å²) in [5.74, 6) is -2.85. The first-order chi connectivity index (χ1) is 26.2. The molecule has 9 unspecified atom stereocenters. The smallest absolute Gasteiger partial charge is 0.251 e. The molecule has 5 aliphatic rings. The minimum Gasteiger partial charge on any atom is -0.394 e. The maximum atomic E-state index is 13.8. The largest absolute Gasteiger partial charge is 0.394 e. The summed E-state index contributed by atoms with van der Waals surface area (Å²) < 4.78 is 31.5. The normalized spacial score (nSPS) is 39.1. The first-order valence-electron chi connectivity index (χ1n) is 19.9. The fourth-order valence-electron chi connectivity index (χ4n) is 8.63. The molecule has 3 heterocycles. The molecular formula is C37H62N4O14. The predicted molar refractivity (Wildman–Crippen MR) is 191 cm³/mol. The van der Waals surface area contributed by atoms with Gasteiger partial charge < -0.3 is 70.5 Å². The summed E-state index contributed by atoms with van der Waals surface area (Å²) in [5.41, 5.74) is 5.28. The van der Waals surface area contributed by atoms with Crippen molar-refractivity contribution in [1.82, 2.24) is 15.5 Å². The van der Waals surface area contributed by atoms with Gasteiger partial charge in [0.2, 0.25) is 17.7 Å². The lowest BCUT2D eigenvalue weighted by Crippen LogP contribution is -2.67. The van der Waals surface area contributed by atoms with Gasteiger partial charge >= 0.3 is 0 Å². The van der Waals surface area contributed by atoms with E-state index < -0.39 is 116 Å². The van der Waals surface area contributed by atoms with Crippen LogP contribution in [0.5, 0.6) is 0 Å². The van der Waals surface area contributed by atoms with Crippen molar-refractivity contribution < 1.29 is 68.4 Å². The molecule has 0 aromatic carbocycles. The van der Waals surface area contributed by atoms with Gasteiger partial charge in [-0.3, -0.25) is 19.2 Å². The van der Waals surface area contributed by atoms with Crippen molar-refractivity contribution in [2.75, 3.05) is 26.2 Å². The lowest BCUT2D eigenvalue weighted by atomic mass is 9.75. The van der Waals surface area contributed by atoms with Crippen molar-refractivity contribution in [1.29, 1.82) is 0 Å². The van der Waals surface area contributed by atoms with Gasteiger partial charge in [-0.15, -0.1) is 0 Å². The highest BCUT2D eigenvalue weighted by molar-refractivity contribution is 5.85. The van der Waals surface area contributed by atoms with Gasteiger partial charge in [-0.1, -0.05) is 45.4 Å². The number of likely N-dealkylation sites (tertiary alicyclic amines) is 1. The summed E-state index contributed by atoms with van der Waals surface area (Å²) in [7, 11) is 0. The van der Waals surface area contributed by atoms with E-state index in [1.807, 2.05) is 6.92 Å². The Kier molecular flexibility index (Phi) is 15.7. The molecular weight excluding hydrogens is 724 g/mol. The fraction of sp³-hybridized carbons (Fsp3) is 0.892. The van der Waals surface area contributed by atoms with Crippen molar-refractivity contribution in [2.45, 2.75) is 165 Å². The fourth-order valence-corrected chi connectivity index (χ4v) is 8.63. The Morgan fingerprint density at radius 1 is 0.891 bits per heavy atom. The number of hydrogen-bond acceptors (Lipinski definition) is 14. The molecule has 2 aliphatic carbocycles. The summed E-state index contributed by atoms with van der Waals surface area (Å²) in [4.78, 5) is 53.2. The zero-order valence-corrected chi connectivity index (χ0v) is 32.1. The van der Waals surface area contributed by atoms with Crippen molar-refractivity contribution >= 4 is 23.6 Å². The lowest BCUT2D eigenvalue weighted by molar-refractivity contribution is -0.338. The third kappa shape index (κ3) is 10.7. The number of nitrogens with one attached hydrogen (secondary N) is 2. The topological polar surface area (TPSA) is 269 Å². The molecule has 0 spiro atoms. The van der Waals surface area contributed by atoms with Crippen molar-refractivity contribution in [3.63, 3.8) is 0 Å². The van der Waals surface area contributed by atoms with Crippen molar-refractivity contribution in [2.24, 2.45) is 23.5 Å². The number of primary amides is 1. The standard InChI is InChI=1S/C37H62N4O14/c1-4-21-14-22(34(49)39-16-26(38)44)15-23(32(21)55-37-31(48)30(47)28(45)18(2)51-37)53-36-27(40-19(3)43)33(29(46)25(17-42)54-36)52-24(35(50)41-11-8-12-41)13-20-9-6-5-7-10-20/h18,20-25,27-33,36-37,42,45-48H,4-17H2,1-3H3,(H2,38,44)(H,39,49)(H,40,43)/t18?,21?,22?,23-,24+,25?,27?,28-,29+,30?,31?,32?,33?,36-,37+/m1/s1. The molecule has 18 heteroatoms. The van der Waals surface area contributed by atoms with Crippen molar-refractivity contribution in [3.05, 3.63) is 0 Å². The van der Waals surface area contributed by atoms with Crippen LogP contribution in [0.3, 0.4) is 0 Å². The van der Waals surface area contributed by atoms with Gasteiger partial charge in [0.05, 0.1) is 31.5 Å². The van der Waals surface area contributed by atoms with Crippen molar-refractivity contribution in [3.8, 4) is 0 Å². The highest BCUT2D eigenvalue weighted by Crippen LogP contribution is 2.40. The molecule has 9 N–H and O–H groups in total. The Morgan fingerprint density at radius 3 is 2.20 bits per heavy atom. The zero-order valence-electron chi connectivity index (χ0n) is 32.1. The van der Waals surface area contributed by atoms with E-state index in [-0.39, 0.29) is 31.2 Å². The SMILES string of the molecule is CCC1CC(C(=O)NCC(N)=O)C[C@@H](O[C@@H]2OC(CO)[C@H](O)C(O[C@@H](CC3CCCCC3)C(=O)N3CCC3)C2NC(C)=O)C1O[C@@H]1OC(C)[C@@H](O)C(O)C1O. The number of nitrogens with zero attached hydrogens (tertiary/aromatic N) is 1. The van der Waals surface area contributed by atoms with E-state index in [9.17, 15) is 44.7 Å². The van der Waals surface area contributed by atoms with Crippen LogP contribution < -0.4 is 16.4 Å². The molecule has 314 valence electrons. The van der Waals surface area contributed by atoms with Gasteiger partial charge in [-0.2, -0.15) is 0 Å². The minimum absolute atomic E-state index is 0.0163. The Labute approximate surface area is 321 Å². The predicted octanol–water partition coefficient (Wildman–Crippen LogP) is -1.84. The van der Waals surface area contributed by atoms with Crippen LogP contribution in [-0.4, -0.2) is 160 Å². The van der Waals surface area contributed by atoms with Gasteiger partial charge in [-0.05, 0) is 44.4 Å². The Balaban J connectivity index is 1.46. The summed E-state index contributed by atoms with van der Waals surface area (Å²) in [6.07, 6.45) is -8.24. The number of aliphatic hydroxyl groups excluding tert-OH is 5. The van der Waals surface area contributed by atoms with Crippen LogP contribution in [0.15, 0.2) is 0 Å². The van der Waals surface area contributed by atoms with Gasteiger partial charge in [0.15, 0.2) is 12.6 Å². The van der Waals surface area contributed by atoms with Gasteiger partial charge in [0.1, 0.15) is 48.8 Å². The van der Waals surface area contributed by atoms with Crippen LogP contribution in [0, 0.1) is 17.8 Å². The second-order valence-electron chi connectivity index (χ2n) is 15.9. The van der Waals surface area contributed by atoms with E-state index in [0.29, 0.717) is 25.9 Å². The van der Waals surface area contributed by atoms with Gasteiger partial charge in [0.25, 0.3) is 5.91 Å². The van der Waals surface area contributed by atoms with E-state index in [0.717, 1.165) is 38.5 Å². The lowest BCUT2D eigenvalue weighted by Gasteiger charge is -2.49. The highest BCUT2D eigenvalue weighted by Gasteiger charge is 2.53. The monoisotopic (exact) mass is 786 g/mol.